The van der Waals surface area contributed by atoms with Crippen molar-refractivity contribution in [2.24, 2.45) is 22.7 Å². The van der Waals surface area contributed by atoms with Gasteiger partial charge in [-0.1, -0.05) is 12.1 Å². The maximum Gasteiger partial charge on any atom is 0.342 e. The molecule has 2 saturated carbocycles. The number of nitrogens with one attached hydrogen (secondary N) is 5. The van der Waals surface area contributed by atoms with Crippen LogP contribution in [0.3, 0.4) is 0 Å². The number of imide groups is 2. The maximum absolute atomic E-state index is 16.3. The number of esters is 1. The molecule has 6 aromatic rings. The monoisotopic (exact) mass is 1650 g/mol. The number of carbonyl (C=O) groups excluding carboxylic acids is 8. The van der Waals surface area contributed by atoms with Gasteiger partial charge in [0.25, 0.3) is 11.8 Å². The number of hydrogen-bond acceptors (Lipinski definition) is 23. The van der Waals surface area contributed by atoms with Crippen LogP contribution in [0.4, 0.5) is 75.2 Å². The molecule has 5 atom stereocenters. The minimum absolute atomic E-state index is 0.0229. The highest BCUT2D eigenvalue weighted by atomic mass is 19.3. The van der Waals surface area contributed by atoms with Crippen molar-refractivity contribution < 1.29 is 70.1 Å². The van der Waals surface area contributed by atoms with E-state index in [2.05, 4.69) is 66.0 Å². The number of carbonyl (C=O) groups is 8. The van der Waals surface area contributed by atoms with E-state index in [9.17, 15) is 38.4 Å². The Kier molecular flexibility index (Phi) is 22.4. The second-order valence-corrected chi connectivity index (χ2v) is 35.7. The first-order valence-electron chi connectivity index (χ1n) is 42.5. The molecule has 17 rings (SSSR count). The highest BCUT2D eigenvalue weighted by Gasteiger charge is 2.57. The molecule has 120 heavy (non-hydrogen) atoms. The van der Waals surface area contributed by atoms with E-state index in [0.29, 0.717) is 121 Å². The van der Waals surface area contributed by atoms with Crippen LogP contribution in [-0.2, 0) is 33.5 Å². The van der Waals surface area contributed by atoms with Gasteiger partial charge < -0.3 is 59.6 Å². The number of anilines is 10. The Morgan fingerprint density at radius 1 is 0.583 bits per heavy atom. The Hall–Kier alpha value is -10.8. The Balaban J connectivity index is 0.613. The molecule has 7 saturated heterocycles. The number of hydrogen-bond donors (Lipinski definition) is 5. The first-order chi connectivity index (χ1) is 57.7. The molecular formula is C88H105F4N17O11. The van der Waals surface area contributed by atoms with Crippen molar-refractivity contribution in [2.45, 2.75) is 190 Å². The van der Waals surface area contributed by atoms with Gasteiger partial charge in [0.05, 0.1) is 73.3 Å². The summed E-state index contributed by atoms with van der Waals surface area (Å²) in [6.45, 7) is 9.21. The second-order valence-electron chi connectivity index (χ2n) is 35.7. The molecule has 9 aliphatic heterocycles. The quantitative estimate of drug-likeness (QED) is 0.0269. The van der Waals surface area contributed by atoms with Crippen molar-refractivity contribution in [1.29, 1.82) is 0 Å². The van der Waals surface area contributed by atoms with Gasteiger partial charge in [-0.2, -0.15) is 18.7 Å². The first-order valence-corrected chi connectivity index (χ1v) is 42.5. The van der Waals surface area contributed by atoms with Gasteiger partial charge in [-0.15, -0.1) is 0 Å². The van der Waals surface area contributed by atoms with E-state index in [1.807, 2.05) is 12.1 Å². The van der Waals surface area contributed by atoms with E-state index in [-0.39, 0.29) is 118 Å². The number of ether oxygens (including phenoxy) is 3. The van der Waals surface area contributed by atoms with Gasteiger partial charge in [-0.25, -0.2) is 23.5 Å². The molecule has 28 nitrogen and oxygen atoms in total. The minimum atomic E-state index is -3.67. The van der Waals surface area contributed by atoms with Gasteiger partial charge in [-0.3, -0.25) is 54.0 Å². The summed E-state index contributed by atoms with van der Waals surface area (Å²) in [6, 6.07) is 19.8. The average Bonchev–Trinajstić information content (AvgIpc) is 0.846. The third-order valence-corrected chi connectivity index (χ3v) is 27.9. The SMILES string of the molecule is COc1cc(C(=O)OC2CC3(CCN(CC4CCN(c5ccc(C6CCC(=O)NC6=O)cc5F)CC4)C(C4CC5(CCN4CC4CCN(c6ccc(C7CCC(=O)NC7=O)cc6F)CC4)CC(NC(=O)c4ccc(Nc6ncc7c(n6)N6CCC[C@@H]6CC(=O)N7C)c(OC)c4)C5)C3)C2)ccc1Nc1ncc2c(n1)N(C(C)C)CC(F)(F)C(=O)N2C. The summed E-state index contributed by atoms with van der Waals surface area (Å²) in [7, 11) is 6.04. The van der Waals surface area contributed by atoms with Gasteiger partial charge in [0.2, 0.25) is 41.4 Å². The number of likely N-dealkylation sites (tertiary alicyclic amines) is 2. The standard InChI is InChI=1S/C88H105F4N17O11/c1-50(2)109-49-88(91,92)83(117)103(4)71-46-94-85(101-78(71)109)97-65-16-10-56(37-73(65)119-6)82(116)120-59-41-87(42-59)26-33-107(48-52-23-30-105(31-24-52)67-18-12-54(35-63(67)90)61-14-20-75(111)99-81(61)115)69(44-87)68-43-86(25-32-106(68)47-51-21-28-104(29-22-51)66-17-11-53(34-62(66)89)60-13-19-74(110)98-80(60)114)39-57(40-86)95-79(113)55-9-15-64(72(36-55)118-5)96-84-93-45-70-77(100-84)108-27-7-8-58(108)38-76(112)102(70)3/h9-12,15-18,34-37,45-46,50-52,57-61,68-69H,7-8,13-14,19-33,38-44,47-49H2,1-6H3,(H,95,113)(H,93,96,100)(H,94,97,101)(H,98,110,114)(H,99,111,115)/t57?,58-,59?,60?,61?,68?,69?,86?,87?/m1/s1. The zero-order valence-corrected chi connectivity index (χ0v) is 68.7. The largest absolute Gasteiger partial charge is 0.495 e. The van der Waals surface area contributed by atoms with Crippen molar-refractivity contribution in [2.75, 3.05) is 134 Å². The van der Waals surface area contributed by atoms with Gasteiger partial charge in [-0.05, 0) is 224 Å². The molecule has 9 fully saturated rings. The molecule has 2 spiro atoms. The molecule has 11 aliphatic rings. The predicted octanol–water partition coefficient (Wildman–Crippen LogP) is 10.9. The van der Waals surface area contributed by atoms with E-state index in [0.717, 1.165) is 115 Å². The molecule has 2 aromatic heterocycles. The fraction of sp³-hybridized carbons (Fsp3) is 0.545. The summed E-state index contributed by atoms with van der Waals surface area (Å²) in [5.74, 6) is -6.74. The third kappa shape index (κ3) is 16.3. The number of methoxy groups -OCH3 is 2. The molecule has 5 N–H and O–H groups in total. The van der Waals surface area contributed by atoms with Crippen molar-refractivity contribution in [1.82, 2.24) is 45.7 Å². The van der Waals surface area contributed by atoms with Crippen LogP contribution in [0.5, 0.6) is 11.5 Å². The van der Waals surface area contributed by atoms with Crippen LogP contribution in [0.1, 0.15) is 180 Å². The van der Waals surface area contributed by atoms with Gasteiger partial charge in [0.1, 0.15) is 40.6 Å². The third-order valence-electron chi connectivity index (χ3n) is 27.9. The zero-order chi connectivity index (χ0) is 83.8. The van der Waals surface area contributed by atoms with Crippen LogP contribution in [0.25, 0.3) is 0 Å². The van der Waals surface area contributed by atoms with Gasteiger partial charge >= 0.3 is 11.9 Å². The van der Waals surface area contributed by atoms with Crippen molar-refractivity contribution in [3.8, 4) is 11.5 Å². The minimum Gasteiger partial charge on any atom is -0.495 e. The molecule has 11 heterocycles. The summed E-state index contributed by atoms with van der Waals surface area (Å²) in [6.07, 6.45) is 15.6. The molecular weight excluding hydrogens is 1550 g/mol. The number of benzene rings is 4. The summed E-state index contributed by atoms with van der Waals surface area (Å²) < 4.78 is 81.1. The van der Waals surface area contributed by atoms with Crippen LogP contribution in [0.15, 0.2) is 85.2 Å². The van der Waals surface area contributed by atoms with Crippen molar-refractivity contribution in [3.05, 3.63) is 119 Å². The van der Waals surface area contributed by atoms with Crippen LogP contribution in [-0.4, -0.2) is 213 Å². The zero-order valence-electron chi connectivity index (χ0n) is 68.7. The highest BCUT2D eigenvalue weighted by molar-refractivity contribution is 6.04. The van der Waals surface area contributed by atoms with Crippen LogP contribution in [0.2, 0.25) is 0 Å². The Bertz CT molecular complexity index is 4890. The molecule has 0 radical (unpaired) electrons. The maximum atomic E-state index is 16.3. The second kappa shape index (κ2) is 33.0. The number of fused-ring (bicyclic) bond motifs is 4. The van der Waals surface area contributed by atoms with Crippen LogP contribution in [0, 0.1) is 34.3 Å². The summed E-state index contributed by atoms with van der Waals surface area (Å²) in [4.78, 5) is 139. The normalized spacial score (nSPS) is 26.8. The fourth-order valence-electron chi connectivity index (χ4n) is 21.1. The lowest BCUT2D eigenvalue weighted by atomic mass is 9.55. The number of amides is 7. The predicted molar refractivity (Wildman–Crippen MR) is 442 cm³/mol. The number of rotatable bonds is 20. The lowest BCUT2D eigenvalue weighted by molar-refractivity contribution is -0.140. The smallest absolute Gasteiger partial charge is 0.342 e. The van der Waals surface area contributed by atoms with Gasteiger partial charge in [0, 0.05) is 115 Å². The van der Waals surface area contributed by atoms with E-state index in [1.54, 1.807) is 87.6 Å². The van der Waals surface area contributed by atoms with E-state index in [4.69, 9.17) is 19.2 Å². The highest BCUT2D eigenvalue weighted by Crippen LogP contribution is 2.57. The number of nitrogens with zero attached hydrogens (tertiary/aromatic N) is 12. The molecule has 4 unspecified atom stereocenters. The van der Waals surface area contributed by atoms with E-state index < -0.39 is 65.7 Å². The van der Waals surface area contributed by atoms with E-state index >= 15 is 17.6 Å². The molecule has 32 heteroatoms. The summed E-state index contributed by atoms with van der Waals surface area (Å²) in [5.41, 5.74) is 4.23. The topological polar surface area (TPSA) is 302 Å². The number of aromatic nitrogens is 4. The fourth-order valence-corrected chi connectivity index (χ4v) is 21.1. The van der Waals surface area contributed by atoms with Crippen LogP contribution >= 0.6 is 0 Å². The Morgan fingerprint density at radius 2 is 1.09 bits per heavy atom. The average molecular weight is 1650 g/mol. The molecule has 4 aromatic carbocycles. The molecule has 2 aliphatic carbocycles. The summed E-state index contributed by atoms with van der Waals surface area (Å²) >= 11 is 0. The van der Waals surface area contributed by atoms with Gasteiger partial charge in [0.15, 0.2) is 11.6 Å². The number of halogens is 4. The first kappa shape index (κ1) is 81.6. The lowest BCUT2D eigenvalue weighted by Gasteiger charge is -2.61. The van der Waals surface area contributed by atoms with Crippen molar-refractivity contribution >= 4 is 105 Å². The number of alkyl halides is 2. The summed E-state index contributed by atoms with van der Waals surface area (Å²) in [5, 5.41) is 14.7. The van der Waals surface area contributed by atoms with Crippen LogP contribution < -0.4 is 65.5 Å². The Morgan fingerprint density at radius 3 is 1.61 bits per heavy atom. The van der Waals surface area contributed by atoms with Crippen molar-refractivity contribution in [3.63, 3.8) is 0 Å². The Labute approximate surface area is 694 Å². The van der Waals surface area contributed by atoms with E-state index in [1.165, 1.54) is 37.4 Å². The molecule has 0 bridgehead atoms. The molecule has 636 valence electrons. The number of piperidine rings is 6. The molecule has 7 amide bonds. The lowest BCUT2D eigenvalue weighted by Crippen LogP contribution is -2.66.